The Kier molecular flexibility index (Phi) is 8.10. The van der Waals surface area contributed by atoms with Crippen LogP contribution in [0.2, 0.25) is 0 Å². The first kappa shape index (κ1) is 26.5. The number of esters is 1. The van der Waals surface area contributed by atoms with Crippen molar-refractivity contribution in [3.05, 3.63) is 46.7 Å². The first-order chi connectivity index (χ1) is 16.4. The third kappa shape index (κ3) is 6.33. The van der Waals surface area contributed by atoms with Crippen molar-refractivity contribution in [3.63, 3.8) is 0 Å². The molecule has 2 atom stereocenters. The summed E-state index contributed by atoms with van der Waals surface area (Å²) in [6.07, 6.45) is 0. The van der Waals surface area contributed by atoms with Crippen LogP contribution in [0.4, 0.5) is 9.59 Å². The number of benzene rings is 1. The fraction of sp³-hybridized carbons (Fsp3) is 0.577. The molecule has 9 heteroatoms. The van der Waals surface area contributed by atoms with E-state index in [9.17, 15) is 14.4 Å². The van der Waals surface area contributed by atoms with Crippen molar-refractivity contribution in [1.82, 2.24) is 25.3 Å². The normalized spacial score (nSPS) is 21.6. The van der Waals surface area contributed by atoms with E-state index in [4.69, 9.17) is 4.74 Å². The number of likely N-dealkylation sites (N-methyl/N-ethyl adjacent to an activating group) is 1. The van der Waals surface area contributed by atoms with E-state index in [1.807, 2.05) is 63.8 Å². The molecule has 0 radical (unpaired) electrons. The summed E-state index contributed by atoms with van der Waals surface area (Å²) in [5.74, 6) is -0.433. The average molecular weight is 486 g/mol. The van der Waals surface area contributed by atoms with Crippen molar-refractivity contribution in [1.29, 1.82) is 0 Å². The second-order valence-corrected chi connectivity index (χ2v) is 10.4. The Hall–Kier alpha value is -3.07. The van der Waals surface area contributed by atoms with Gasteiger partial charge in [-0.1, -0.05) is 29.8 Å². The van der Waals surface area contributed by atoms with Crippen LogP contribution >= 0.6 is 0 Å². The van der Waals surface area contributed by atoms with Gasteiger partial charge in [-0.05, 0) is 47.1 Å². The number of nitrogens with zero attached hydrogens (tertiary/aromatic N) is 3. The minimum Gasteiger partial charge on any atom is -0.463 e. The van der Waals surface area contributed by atoms with Crippen molar-refractivity contribution in [2.24, 2.45) is 0 Å². The van der Waals surface area contributed by atoms with Crippen LogP contribution in [0.25, 0.3) is 0 Å². The lowest BCUT2D eigenvalue weighted by Crippen LogP contribution is -2.59. The molecule has 2 heterocycles. The summed E-state index contributed by atoms with van der Waals surface area (Å²) in [7, 11) is 1.67. The first-order valence-electron chi connectivity index (χ1n) is 12.2. The van der Waals surface area contributed by atoms with Gasteiger partial charge in [-0.25, -0.2) is 14.4 Å². The highest BCUT2D eigenvalue weighted by atomic mass is 16.5. The topological polar surface area (TPSA) is 94.2 Å². The van der Waals surface area contributed by atoms with Gasteiger partial charge >= 0.3 is 18.0 Å². The molecule has 0 bridgehead atoms. The molecular formula is C26H39N5O4. The Bertz CT molecular complexity index is 1000. The van der Waals surface area contributed by atoms with Gasteiger partial charge in [0.15, 0.2) is 0 Å². The van der Waals surface area contributed by atoms with E-state index >= 15 is 0 Å². The van der Waals surface area contributed by atoms with Gasteiger partial charge in [0.1, 0.15) is 0 Å². The molecule has 1 fully saturated rings. The molecule has 1 aromatic carbocycles. The molecule has 192 valence electrons. The molecule has 1 saturated heterocycles. The predicted octanol–water partition coefficient (Wildman–Crippen LogP) is 3.02. The van der Waals surface area contributed by atoms with Crippen LogP contribution in [0.5, 0.6) is 0 Å². The summed E-state index contributed by atoms with van der Waals surface area (Å²) >= 11 is 0. The molecular weight excluding hydrogens is 446 g/mol. The van der Waals surface area contributed by atoms with Crippen LogP contribution < -0.4 is 10.6 Å². The number of carbonyl (C=O) groups excluding carboxylic acids is 3. The summed E-state index contributed by atoms with van der Waals surface area (Å²) in [5, 5.41) is 6.00. The maximum Gasteiger partial charge on any atom is 0.338 e. The number of aryl methyl sites for hydroxylation is 1. The molecule has 2 aliphatic rings. The molecule has 0 saturated carbocycles. The molecule has 1 aromatic rings. The average Bonchev–Trinajstić information content (AvgIpc) is 2.75. The van der Waals surface area contributed by atoms with Crippen LogP contribution in [0.1, 0.15) is 51.8 Å². The second-order valence-electron chi connectivity index (χ2n) is 10.4. The predicted molar refractivity (Wildman–Crippen MR) is 135 cm³/mol. The van der Waals surface area contributed by atoms with E-state index in [1.54, 1.807) is 14.0 Å². The van der Waals surface area contributed by atoms with E-state index in [0.717, 1.165) is 11.1 Å². The lowest BCUT2D eigenvalue weighted by molar-refractivity contribution is -0.139. The molecule has 3 rings (SSSR count). The van der Waals surface area contributed by atoms with Gasteiger partial charge in [0.2, 0.25) is 0 Å². The van der Waals surface area contributed by atoms with Crippen LogP contribution in [-0.4, -0.2) is 84.1 Å². The van der Waals surface area contributed by atoms with Crippen molar-refractivity contribution in [3.8, 4) is 0 Å². The van der Waals surface area contributed by atoms with Crippen molar-refractivity contribution >= 4 is 18.0 Å². The third-order valence-electron chi connectivity index (χ3n) is 6.28. The highest BCUT2D eigenvalue weighted by molar-refractivity contribution is 5.95. The summed E-state index contributed by atoms with van der Waals surface area (Å²) < 4.78 is 5.43. The molecule has 0 spiro atoms. The molecule has 2 aliphatic heterocycles. The number of nitrogens with one attached hydrogen (secondary N) is 2. The monoisotopic (exact) mass is 485 g/mol. The number of ether oxygens (including phenoxy) is 1. The van der Waals surface area contributed by atoms with Gasteiger partial charge < -0.3 is 20.3 Å². The number of hydrogen-bond donors (Lipinski definition) is 2. The number of amides is 4. The largest absolute Gasteiger partial charge is 0.463 e. The Labute approximate surface area is 208 Å². The standard InChI is InChI=1S/C26H39N5O4/c1-8-35-23(32)21-20(29(7)24(33)27-22(21)19-11-9-10-17(2)14-19)16-30-12-13-31(18(3)15-30)25(34)28-26(4,5)6/h9-11,14,18,22H,8,12-13,15-16H2,1-7H3,(H,27,33)(H,28,34)/t18-,22+/m1/s1. The van der Waals surface area contributed by atoms with Gasteiger partial charge in [-0.3, -0.25) is 9.80 Å². The zero-order valence-corrected chi connectivity index (χ0v) is 22.0. The van der Waals surface area contributed by atoms with Crippen LogP contribution in [0, 0.1) is 6.92 Å². The van der Waals surface area contributed by atoms with Gasteiger partial charge in [-0.2, -0.15) is 0 Å². The van der Waals surface area contributed by atoms with E-state index in [2.05, 4.69) is 15.5 Å². The molecule has 0 aliphatic carbocycles. The number of rotatable bonds is 5. The summed E-state index contributed by atoms with van der Waals surface area (Å²) in [5.41, 5.74) is 2.64. The Morgan fingerprint density at radius 1 is 1.23 bits per heavy atom. The lowest BCUT2D eigenvalue weighted by Gasteiger charge is -2.43. The molecule has 9 nitrogen and oxygen atoms in total. The quantitative estimate of drug-likeness (QED) is 0.626. The fourth-order valence-electron chi connectivity index (χ4n) is 4.58. The number of carbonyl (C=O) groups is 3. The fourth-order valence-corrected chi connectivity index (χ4v) is 4.58. The van der Waals surface area contributed by atoms with Crippen molar-refractivity contribution < 1.29 is 19.1 Å². The minimum absolute atomic E-state index is 0.0203. The lowest BCUT2D eigenvalue weighted by atomic mass is 9.93. The number of piperazine rings is 1. The third-order valence-corrected chi connectivity index (χ3v) is 6.28. The molecule has 0 unspecified atom stereocenters. The van der Waals surface area contributed by atoms with Gasteiger partial charge in [0.25, 0.3) is 0 Å². The number of hydrogen-bond acceptors (Lipinski definition) is 5. The van der Waals surface area contributed by atoms with Gasteiger partial charge in [-0.15, -0.1) is 0 Å². The van der Waals surface area contributed by atoms with Crippen LogP contribution in [-0.2, 0) is 9.53 Å². The smallest absolute Gasteiger partial charge is 0.338 e. The van der Waals surface area contributed by atoms with E-state index in [1.165, 1.54) is 4.90 Å². The zero-order valence-electron chi connectivity index (χ0n) is 22.0. The van der Waals surface area contributed by atoms with Crippen molar-refractivity contribution in [2.75, 3.05) is 39.8 Å². The maximum absolute atomic E-state index is 13.2. The number of urea groups is 2. The van der Waals surface area contributed by atoms with Crippen LogP contribution in [0.15, 0.2) is 35.5 Å². The molecule has 0 aromatic heterocycles. The second kappa shape index (κ2) is 10.7. The van der Waals surface area contributed by atoms with E-state index in [-0.39, 0.29) is 30.2 Å². The van der Waals surface area contributed by atoms with Gasteiger partial charge in [0, 0.05) is 50.5 Å². The SMILES string of the molecule is CCOC(=O)C1=C(CN2CCN(C(=O)NC(C)(C)C)[C@H](C)C2)N(C)C(=O)N[C@H]1c1cccc(C)c1. The Morgan fingerprint density at radius 3 is 2.54 bits per heavy atom. The molecule has 35 heavy (non-hydrogen) atoms. The summed E-state index contributed by atoms with van der Waals surface area (Å²) in [4.78, 5) is 44.3. The zero-order chi connectivity index (χ0) is 25.9. The van der Waals surface area contributed by atoms with Gasteiger partial charge in [0.05, 0.1) is 18.2 Å². The summed E-state index contributed by atoms with van der Waals surface area (Å²) in [6, 6.07) is 6.82. The minimum atomic E-state index is -0.594. The Morgan fingerprint density at radius 2 is 1.94 bits per heavy atom. The summed E-state index contributed by atoms with van der Waals surface area (Å²) in [6.45, 7) is 14.1. The molecule has 2 N–H and O–H groups in total. The Balaban J connectivity index is 1.89. The highest BCUT2D eigenvalue weighted by Gasteiger charge is 2.38. The van der Waals surface area contributed by atoms with Crippen molar-refractivity contribution in [2.45, 2.75) is 59.2 Å². The van der Waals surface area contributed by atoms with E-state index in [0.29, 0.717) is 37.4 Å². The highest BCUT2D eigenvalue weighted by Crippen LogP contribution is 2.32. The molecule has 4 amide bonds. The first-order valence-corrected chi connectivity index (χ1v) is 12.2. The maximum atomic E-state index is 13.2. The van der Waals surface area contributed by atoms with E-state index < -0.39 is 12.0 Å². The van der Waals surface area contributed by atoms with Crippen LogP contribution in [0.3, 0.4) is 0 Å².